The normalized spacial score (nSPS) is 12.5. The van der Waals surface area contributed by atoms with Gasteiger partial charge in [0.05, 0.1) is 16.8 Å². The second-order valence-electron chi connectivity index (χ2n) is 6.20. The van der Waals surface area contributed by atoms with Gasteiger partial charge in [0.15, 0.2) is 0 Å². The smallest absolute Gasteiger partial charge is 0.270 e. The quantitative estimate of drug-likeness (QED) is 0.376. The second-order valence-corrected chi connectivity index (χ2v) is 8.10. The third kappa shape index (κ3) is 5.72. The molecule has 0 saturated carbocycles. The average molecular weight is 417 g/mol. The molecule has 0 aliphatic carbocycles. The Bertz CT molecular complexity index is 1010. The Kier molecular flexibility index (Phi) is 7.63. The third-order valence-corrected chi connectivity index (χ3v) is 6.24. The van der Waals surface area contributed by atoms with Crippen molar-refractivity contribution in [2.75, 3.05) is 18.5 Å². The van der Waals surface area contributed by atoms with Crippen LogP contribution in [0.25, 0.3) is 6.08 Å². The number of non-ortho nitro benzene ring substituents is 1. The number of nitro groups is 1. The molecule has 1 N–H and O–H groups in total. The molecule has 0 fully saturated rings. The molecule has 0 bridgehead atoms. The molecular formula is C20H24N4O4S. The minimum atomic E-state index is -3.91. The number of anilines is 1. The lowest BCUT2D eigenvalue weighted by atomic mass is 10.1. The average Bonchev–Trinajstić information content (AvgIpc) is 2.69. The van der Waals surface area contributed by atoms with Crippen molar-refractivity contribution in [3.63, 3.8) is 0 Å². The summed E-state index contributed by atoms with van der Waals surface area (Å²) < 4.78 is 27.1. The van der Waals surface area contributed by atoms with Crippen LogP contribution in [0.1, 0.15) is 26.3 Å². The van der Waals surface area contributed by atoms with Crippen LogP contribution in [-0.4, -0.2) is 37.0 Å². The molecule has 0 spiro atoms. The number of nitro benzene ring substituents is 1. The lowest BCUT2D eigenvalue weighted by Gasteiger charge is -2.20. The van der Waals surface area contributed by atoms with Gasteiger partial charge in [0.25, 0.3) is 5.69 Å². The Labute approximate surface area is 170 Å². The van der Waals surface area contributed by atoms with Gasteiger partial charge in [-0.1, -0.05) is 50.3 Å². The molecule has 29 heavy (non-hydrogen) atoms. The predicted octanol–water partition coefficient (Wildman–Crippen LogP) is 4.13. The van der Waals surface area contributed by atoms with Crippen LogP contribution in [0.15, 0.2) is 64.1 Å². The molecule has 154 valence electrons. The van der Waals surface area contributed by atoms with Crippen molar-refractivity contribution in [1.29, 1.82) is 0 Å². The molecule has 8 nitrogen and oxygen atoms in total. The van der Waals surface area contributed by atoms with E-state index in [4.69, 9.17) is 0 Å². The van der Waals surface area contributed by atoms with Gasteiger partial charge in [-0.15, -0.1) is 0 Å². The highest BCUT2D eigenvalue weighted by molar-refractivity contribution is 7.89. The first-order chi connectivity index (χ1) is 13.8. The molecule has 0 radical (unpaired) electrons. The van der Waals surface area contributed by atoms with Crippen molar-refractivity contribution < 1.29 is 13.3 Å². The molecule has 0 aliphatic heterocycles. The van der Waals surface area contributed by atoms with Gasteiger partial charge in [0.2, 0.25) is 10.0 Å². The summed E-state index contributed by atoms with van der Waals surface area (Å²) in [6, 6.07) is 13.3. The van der Waals surface area contributed by atoms with E-state index in [0.29, 0.717) is 0 Å². The number of hydrogen-bond acceptors (Lipinski definition) is 6. The second kappa shape index (κ2) is 9.94. The van der Waals surface area contributed by atoms with Crippen molar-refractivity contribution in [1.82, 2.24) is 4.31 Å². The maximum Gasteiger partial charge on any atom is 0.270 e. The molecule has 0 aliphatic rings. The zero-order valence-corrected chi connectivity index (χ0v) is 17.4. The summed E-state index contributed by atoms with van der Waals surface area (Å²) in [4.78, 5) is 10.3. The van der Waals surface area contributed by atoms with Crippen LogP contribution in [0.5, 0.6) is 0 Å². The highest BCUT2D eigenvalue weighted by atomic mass is 32.2. The minimum Gasteiger partial charge on any atom is -0.277 e. The van der Waals surface area contributed by atoms with Crippen LogP contribution < -0.4 is 5.43 Å². The van der Waals surface area contributed by atoms with Gasteiger partial charge < -0.3 is 0 Å². The van der Waals surface area contributed by atoms with Crippen molar-refractivity contribution in [2.45, 2.75) is 25.7 Å². The summed E-state index contributed by atoms with van der Waals surface area (Å²) in [6.07, 6.45) is 3.48. The van der Waals surface area contributed by atoms with Gasteiger partial charge in [0, 0.05) is 25.2 Å². The molecule has 9 heteroatoms. The first-order valence-corrected chi connectivity index (χ1v) is 10.5. The van der Waals surface area contributed by atoms with Crippen molar-refractivity contribution in [3.8, 4) is 0 Å². The van der Waals surface area contributed by atoms with Gasteiger partial charge in [-0.3, -0.25) is 15.5 Å². The van der Waals surface area contributed by atoms with E-state index in [9.17, 15) is 18.5 Å². The monoisotopic (exact) mass is 416 g/mol. The van der Waals surface area contributed by atoms with Crippen molar-refractivity contribution in [3.05, 3.63) is 69.8 Å². The topological polar surface area (TPSA) is 105 Å². The fraction of sp³-hybridized carbons (Fsp3) is 0.250. The van der Waals surface area contributed by atoms with Crippen molar-refractivity contribution in [2.24, 2.45) is 5.10 Å². The van der Waals surface area contributed by atoms with E-state index in [1.165, 1.54) is 16.4 Å². The largest absolute Gasteiger partial charge is 0.277 e. The molecule has 0 saturated heterocycles. The Morgan fingerprint density at radius 3 is 2.41 bits per heavy atom. The fourth-order valence-corrected chi connectivity index (χ4v) is 4.31. The Morgan fingerprint density at radius 1 is 1.17 bits per heavy atom. The number of benzene rings is 2. The maximum absolute atomic E-state index is 12.9. The summed E-state index contributed by atoms with van der Waals surface area (Å²) >= 11 is 0. The molecule has 0 amide bonds. The van der Waals surface area contributed by atoms with Gasteiger partial charge in [-0.05, 0) is 24.1 Å². The van der Waals surface area contributed by atoms with E-state index in [2.05, 4.69) is 10.5 Å². The van der Waals surface area contributed by atoms with E-state index in [0.717, 1.165) is 17.2 Å². The van der Waals surface area contributed by atoms with Crippen LogP contribution in [0, 0.1) is 10.1 Å². The molecule has 0 unspecified atom stereocenters. The molecule has 0 aromatic heterocycles. The summed E-state index contributed by atoms with van der Waals surface area (Å²) in [7, 11) is -3.91. The first kappa shape index (κ1) is 22.3. The summed E-state index contributed by atoms with van der Waals surface area (Å²) in [5, 5.41) is 15.2. The van der Waals surface area contributed by atoms with Crippen molar-refractivity contribution >= 4 is 33.7 Å². The lowest BCUT2D eigenvalue weighted by molar-refractivity contribution is -0.385. The van der Waals surface area contributed by atoms with Crippen LogP contribution >= 0.6 is 0 Å². The standard InChI is InChI=1S/C20H24N4O4S/c1-4-23(5-2)29(27,28)20-14-18(24(25)26)11-12-19(20)22-21-15-16(3)13-17-9-7-6-8-10-17/h6-15,22H,4-5H2,1-3H3/b16-13+,21-15-. The predicted molar refractivity (Wildman–Crippen MR) is 115 cm³/mol. The van der Waals surface area contributed by atoms with E-state index in [1.807, 2.05) is 43.3 Å². The number of hydrazone groups is 1. The molecule has 2 aromatic rings. The molecular weight excluding hydrogens is 392 g/mol. The summed E-state index contributed by atoms with van der Waals surface area (Å²) in [5.74, 6) is 0. The number of hydrogen-bond donors (Lipinski definition) is 1. The van der Waals surface area contributed by atoms with E-state index in [-0.39, 0.29) is 29.4 Å². The van der Waals surface area contributed by atoms with Crippen LogP contribution in [0.2, 0.25) is 0 Å². The number of rotatable bonds is 9. The number of allylic oxidation sites excluding steroid dienone is 1. The zero-order valence-electron chi connectivity index (χ0n) is 16.6. The number of nitrogens with one attached hydrogen (secondary N) is 1. The minimum absolute atomic E-state index is 0.172. The van der Waals surface area contributed by atoms with Crippen LogP contribution in [-0.2, 0) is 10.0 Å². The maximum atomic E-state index is 12.9. The molecule has 2 rings (SSSR count). The van der Waals surface area contributed by atoms with Crippen LogP contribution in [0.4, 0.5) is 11.4 Å². The third-order valence-electron chi connectivity index (χ3n) is 4.15. The summed E-state index contributed by atoms with van der Waals surface area (Å²) in [6.45, 7) is 5.79. The van der Waals surface area contributed by atoms with Gasteiger partial charge in [-0.2, -0.15) is 9.41 Å². The first-order valence-electron chi connectivity index (χ1n) is 9.10. The number of nitrogens with zero attached hydrogens (tertiary/aromatic N) is 3. The van der Waals surface area contributed by atoms with Gasteiger partial charge in [0.1, 0.15) is 4.90 Å². The van der Waals surface area contributed by atoms with Gasteiger partial charge in [-0.25, -0.2) is 8.42 Å². The SMILES string of the molecule is CCN(CC)S(=O)(=O)c1cc([N+](=O)[O-])ccc1N/N=C\C(C)=C\c1ccccc1. The number of sulfonamides is 1. The highest BCUT2D eigenvalue weighted by Gasteiger charge is 2.27. The van der Waals surface area contributed by atoms with Crippen LogP contribution in [0.3, 0.4) is 0 Å². The van der Waals surface area contributed by atoms with E-state index < -0.39 is 14.9 Å². The lowest BCUT2D eigenvalue weighted by Crippen LogP contribution is -2.31. The Balaban J connectivity index is 2.35. The van der Waals surface area contributed by atoms with E-state index in [1.54, 1.807) is 20.1 Å². The highest BCUT2D eigenvalue weighted by Crippen LogP contribution is 2.29. The van der Waals surface area contributed by atoms with E-state index >= 15 is 0 Å². The molecule has 0 atom stereocenters. The fourth-order valence-electron chi connectivity index (χ4n) is 2.69. The zero-order chi connectivity index (χ0) is 21.4. The summed E-state index contributed by atoms with van der Waals surface area (Å²) in [5.41, 5.74) is 4.43. The van der Waals surface area contributed by atoms with Gasteiger partial charge >= 0.3 is 0 Å². The Hall–Kier alpha value is -3.04. The molecule has 0 heterocycles. The molecule has 2 aromatic carbocycles. The Morgan fingerprint density at radius 2 is 1.83 bits per heavy atom.